The monoisotopic (exact) mass is 258 g/mol. The number of aromatic amines is 1. The average Bonchev–Trinajstić information content (AvgIpc) is 2.73. The van der Waals surface area contributed by atoms with Crippen molar-refractivity contribution in [2.75, 3.05) is 7.11 Å². The maximum Gasteiger partial charge on any atom is 0.331 e. The van der Waals surface area contributed by atoms with Gasteiger partial charge in [-0.2, -0.15) is 0 Å². The molecule has 19 heavy (non-hydrogen) atoms. The number of ether oxygens (including phenoxy) is 1. The summed E-state index contributed by atoms with van der Waals surface area (Å²) < 4.78 is 19.9. The summed E-state index contributed by atoms with van der Waals surface area (Å²) >= 11 is 0. The normalized spacial score (nSPS) is 10.8. The van der Waals surface area contributed by atoms with Crippen molar-refractivity contribution >= 4 is 11.0 Å². The van der Waals surface area contributed by atoms with E-state index in [4.69, 9.17) is 4.74 Å². The molecule has 0 unspecified atom stereocenters. The Bertz CT molecular complexity index is 805. The summed E-state index contributed by atoms with van der Waals surface area (Å²) in [6, 6.07) is 11.4. The number of para-hydroxylation sites is 2. The van der Waals surface area contributed by atoms with Crippen LogP contribution in [-0.4, -0.2) is 16.7 Å². The molecule has 0 radical (unpaired) electrons. The van der Waals surface area contributed by atoms with Crippen molar-refractivity contribution in [2.24, 2.45) is 0 Å². The van der Waals surface area contributed by atoms with E-state index >= 15 is 0 Å². The van der Waals surface area contributed by atoms with Crippen LogP contribution < -0.4 is 10.4 Å². The Morgan fingerprint density at radius 1 is 1.21 bits per heavy atom. The second-order valence-corrected chi connectivity index (χ2v) is 4.10. The van der Waals surface area contributed by atoms with E-state index in [1.165, 1.54) is 16.7 Å². The van der Waals surface area contributed by atoms with Gasteiger partial charge in [0, 0.05) is 0 Å². The van der Waals surface area contributed by atoms with Crippen LogP contribution in [-0.2, 0) is 0 Å². The van der Waals surface area contributed by atoms with Gasteiger partial charge in [0.2, 0.25) is 0 Å². The zero-order valence-electron chi connectivity index (χ0n) is 10.2. The number of benzene rings is 2. The van der Waals surface area contributed by atoms with Crippen LogP contribution in [0.4, 0.5) is 4.39 Å². The fourth-order valence-corrected chi connectivity index (χ4v) is 2.14. The van der Waals surface area contributed by atoms with Crippen LogP contribution >= 0.6 is 0 Å². The Morgan fingerprint density at radius 2 is 2.00 bits per heavy atom. The smallest absolute Gasteiger partial charge is 0.331 e. The van der Waals surface area contributed by atoms with E-state index in [0.717, 1.165) is 0 Å². The molecule has 0 amide bonds. The van der Waals surface area contributed by atoms with Gasteiger partial charge >= 0.3 is 5.69 Å². The summed E-state index contributed by atoms with van der Waals surface area (Å²) in [6.07, 6.45) is 0. The van der Waals surface area contributed by atoms with Crippen LogP contribution in [0.15, 0.2) is 47.3 Å². The van der Waals surface area contributed by atoms with Crippen molar-refractivity contribution in [2.45, 2.75) is 0 Å². The van der Waals surface area contributed by atoms with Gasteiger partial charge < -0.3 is 9.72 Å². The maximum absolute atomic E-state index is 13.2. The summed E-state index contributed by atoms with van der Waals surface area (Å²) in [5, 5.41) is 0. The lowest BCUT2D eigenvalue weighted by Gasteiger charge is -2.08. The number of aromatic nitrogens is 2. The zero-order valence-corrected chi connectivity index (χ0v) is 10.2. The van der Waals surface area contributed by atoms with Crippen molar-refractivity contribution in [3.05, 3.63) is 58.8 Å². The molecule has 1 aromatic heterocycles. The Kier molecular flexibility index (Phi) is 2.59. The molecule has 3 aromatic rings. The molecule has 1 heterocycles. The Hall–Kier alpha value is -2.56. The minimum Gasteiger partial charge on any atom is -0.495 e. The van der Waals surface area contributed by atoms with Gasteiger partial charge in [-0.15, -0.1) is 0 Å². The molecule has 0 bridgehead atoms. The van der Waals surface area contributed by atoms with Gasteiger partial charge in [0.25, 0.3) is 0 Å². The number of hydrogen-bond acceptors (Lipinski definition) is 2. The number of fused-ring (bicyclic) bond motifs is 1. The SMILES string of the molecule is COc1ccccc1-n1c(=O)[nH]c2cc(F)ccc21. The lowest BCUT2D eigenvalue weighted by Crippen LogP contribution is -2.15. The van der Waals surface area contributed by atoms with Gasteiger partial charge in [-0.25, -0.2) is 9.18 Å². The average molecular weight is 258 g/mol. The number of nitrogens with one attached hydrogen (secondary N) is 1. The lowest BCUT2D eigenvalue weighted by molar-refractivity contribution is 0.413. The Balaban J connectivity index is 2.36. The largest absolute Gasteiger partial charge is 0.495 e. The molecule has 0 saturated carbocycles. The molecule has 0 aliphatic rings. The van der Waals surface area contributed by atoms with Gasteiger partial charge in [0.05, 0.1) is 23.8 Å². The van der Waals surface area contributed by atoms with Crippen LogP contribution in [0.2, 0.25) is 0 Å². The highest BCUT2D eigenvalue weighted by Crippen LogP contribution is 2.24. The third-order valence-corrected chi connectivity index (χ3v) is 2.97. The van der Waals surface area contributed by atoms with Gasteiger partial charge in [0.1, 0.15) is 11.6 Å². The number of halogens is 1. The summed E-state index contributed by atoms with van der Waals surface area (Å²) in [4.78, 5) is 14.7. The molecule has 4 nitrogen and oxygen atoms in total. The van der Waals surface area contributed by atoms with Gasteiger partial charge in [-0.3, -0.25) is 4.57 Å². The number of methoxy groups -OCH3 is 1. The highest BCUT2D eigenvalue weighted by Gasteiger charge is 2.12. The first kappa shape index (κ1) is 11.5. The number of H-pyrrole nitrogens is 1. The second-order valence-electron chi connectivity index (χ2n) is 4.10. The highest BCUT2D eigenvalue weighted by atomic mass is 19.1. The number of nitrogens with zero attached hydrogens (tertiary/aromatic N) is 1. The molecule has 0 fully saturated rings. The van der Waals surface area contributed by atoms with Crippen molar-refractivity contribution in [3.63, 3.8) is 0 Å². The standard InChI is InChI=1S/C14H11FN2O2/c1-19-13-5-3-2-4-12(13)17-11-7-6-9(15)8-10(11)16-14(17)18/h2-8H,1H3,(H,16,18). The first-order chi connectivity index (χ1) is 9.20. The van der Waals surface area contributed by atoms with Crippen LogP contribution in [0.3, 0.4) is 0 Å². The van der Waals surface area contributed by atoms with Crippen LogP contribution in [0.1, 0.15) is 0 Å². The van der Waals surface area contributed by atoms with Gasteiger partial charge in [-0.05, 0) is 30.3 Å². The van der Waals surface area contributed by atoms with Crippen molar-refractivity contribution in [3.8, 4) is 11.4 Å². The van der Waals surface area contributed by atoms with Crippen LogP contribution in [0.5, 0.6) is 5.75 Å². The first-order valence-corrected chi connectivity index (χ1v) is 5.74. The number of imidazole rings is 1. The number of hydrogen-bond donors (Lipinski definition) is 1. The number of rotatable bonds is 2. The predicted octanol–water partition coefficient (Wildman–Crippen LogP) is 2.47. The fraction of sp³-hybridized carbons (Fsp3) is 0.0714. The van der Waals surface area contributed by atoms with E-state index in [1.807, 2.05) is 12.1 Å². The van der Waals surface area contributed by atoms with Gasteiger partial charge in [-0.1, -0.05) is 12.1 Å². The predicted molar refractivity (Wildman–Crippen MR) is 70.4 cm³/mol. The fourth-order valence-electron chi connectivity index (χ4n) is 2.14. The molecule has 0 aliphatic heterocycles. The molecule has 3 rings (SSSR count). The quantitative estimate of drug-likeness (QED) is 0.767. The molecule has 5 heteroatoms. The van der Waals surface area contributed by atoms with E-state index < -0.39 is 0 Å². The van der Waals surface area contributed by atoms with E-state index in [-0.39, 0.29) is 11.5 Å². The third-order valence-electron chi connectivity index (χ3n) is 2.97. The third kappa shape index (κ3) is 1.79. The van der Waals surface area contributed by atoms with Gasteiger partial charge in [0.15, 0.2) is 0 Å². The molecule has 0 atom stereocenters. The van der Waals surface area contributed by atoms with Crippen LogP contribution in [0.25, 0.3) is 16.7 Å². The Morgan fingerprint density at radius 3 is 2.79 bits per heavy atom. The molecule has 0 saturated heterocycles. The molecule has 2 aromatic carbocycles. The summed E-state index contributed by atoms with van der Waals surface area (Å²) in [5.41, 5.74) is 1.35. The molecule has 0 spiro atoms. The van der Waals surface area contributed by atoms with E-state index in [9.17, 15) is 9.18 Å². The van der Waals surface area contributed by atoms with Crippen molar-refractivity contribution < 1.29 is 9.13 Å². The minimum atomic E-state index is -0.388. The van der Waals surface area contributed by atoms with E-state index in [0.29, 0.717) is 22.5 Å². The minimum absolute atomic E-state index is 0.329. The van der Waals surface area contributed by atoms with E-state index in [1.54, 1.807) is 25.3 Å². The van der Waals surface area contributed by atoms with Crippen molar-refractivity contribution in [1.82, 2.24) is 9.55 Å². The molecule has 0 aliphatic carbocycles. The molecular formula is C14H11FN2O2. The topological polar surface area (TPSA) is 47.0 Å². The van der Waals surface area contributed by atoms with Crippen molar-refractivity contribution in [1.29, 1.82) is 0 Å². The van der Waals surface area contributed by atoms with Crippen LogP contribution in [0, 0.1) is 5.82 Å². The summed E-state index contributed by atoms with van der Waals surface area (Å²) in [6.45, 7) is 0. The lowest BCUT2D eigenvalue weighted by atomic mass is 10.2. The maximum atomic E-state index is 13.2. The highest BCUT2D eigenvalue weighted by molar-refractivity contribution is 5.78. The molecule has 96 valence electrons. The molecule has 1 N–H and O–H groups in total. The Labute approximate surface area is 108 Å². The zero-order chi connectivity index (χ0) is 13.4. The summed E-state index contributed by atoms with van der Waals surface area (Å²) in [5.74, 6) is 0.191. The molecular weight excluding hydrogens is 247 g/mol. The first-order valence-electron chi connectivity index (χ1n) is 5.74. The summed E-state index contributed by atoms with van der Waals surface area (Å²) in [7, 11) is 1.54. The second kappa shape index (κ2) is 4.28. The van der Waals surface area contributed by atoms with E-state index in [2.05, 4.69) is 4.98 Å².